The minimum absolute atomic E-state index is 0.0496. The highest BCUT2D eigenvalue weighted by molar-refractivity contribution is 6.33. The number of ether oxygens (including phenoxy) is 2. The average Bonchev–Trinajstić information content (AvgIpc) is 3.12. The van der Waals surface area contributed by atoms with E-state index >= 15 is 0 Å². The molecule has 2 heterocycles. The smallest absolute Gasteiger partial charge is 0.339 e. The van der Waals surface area contributed by atoms with Crippen molar-refractivity contribution in [3.63, 3.8) is 0 Å². The Kier molecular flexibility index (Phi) is 4.86. The number of aromatic nitrogens is 1. The first-order valence-electron chi connectivity index (χ1n) is 8.84. The van der Waals surface area contributed by atoms with Gasteiger partial charge >= 0.3 is 5.97 Å². The first-order chi connectivity index (χ1) is 14.8. The normalized spacial score (nSPS) is 12.7. The number of carboxylic acids is 1. The van der Waals surface area contributed by atoms with E-state index in [1.165, 1.54) is 38.5 Å². The zero-order chi connectivity index (χ0) is 22.4. The number of benzene rings is 1. The summed E-state index contributed by atoms with van der Waals surface area (Å²) in [4.78, 5) is 53.7. The maximum absolute atomic E-state index is 13.3. The molecule has 0 aliphatic carbocycles. The van der Waals surface area contributed by atoms with E-state index < -0.39 is 22.7 Å². The van der Waals surface area contributed by atoms with Gasteiger partial charge in [-0.2, -0.15) is 4.98 Å². The molecule has 11 heteroatoms. The van der Waals surface area contributed by atoms with Gasteiger partial charge in [0.1, 0.15) is 11.3 Å². The second-order valence-corrected chi connectivity index (χ2v) is 6.97. The van der Waals surface area contributed by atoms with Gasteiger partial charge in [0.15, 0.2) is 11.6 Å². The zero-order valence-electron chi connectivity index (χ0n) is 16.2. The Morgan fingerprint density at radius 2 is 1.87 bits per heavy atom. The van der Waals surface area contributed by atoms with E-state index in [2.05, 4.69) is 10.3 Å². The predicted molar refractivity (Wildman–Crippen MR) is 111 cm³/mol. The number of carbonyl (C=O) groups excluding carboxylic acids is 1. The average molecular weight is 444 g/mol. The van der Waals surface area contributed by atoms with E-state index in [4.69, 9.17) is 21.1 Å². The minimum Gasteiger partial charge on any atom is -0.491 e. The molecule has 1 aromatic heterocycles. The molecule has 0 bridgehead atoms. The monoisotopic (exact) mass is 443 g/mol. The molecule has 3 aromatic rings. The molecular formula is C20H14ClN3O7. The number of fused-ring (bicyclic) bond motifs is 1. The van der Waals surface area contributed by atoms with Gasteiger partial charge in [-0.05, 0) is 18.2 Å². The first kappa shape index (κ1) is 20.4. The van der Waals surface area contributed by atoms with Crippen LogP contribution in [0, 0.1) is 0 Å². The van der Waals surface area contributed by atoms with Crippen LogP contribution in [0.3, 0.4) is 0 Å². The molecule has 0 saturated carbocycles. The fourth-order valence-corrected chi connectivity index (χ4v) is 3.61. The number of anilines is 3. The van der Waals surface area contributed by atoms with Crippen LogP contribution in [-0.2, 0) is 6.54 Å². The second-order valence-electron chi connectivity index (χ2n) is 6.56. The molecule has 4 rings (SSSR count). The molecule has 0 radical (unpaired) electrons. The lowest BCUT2D eigenvalue weighted by molar-refractivity contribution is 0.0697. The summed E-state index contributed by atoms with van der Waals surface area (Å²) in [5.74, 6) is -1.98. The van der Waals surface area contributed by atoms with Crippen LogP contribution in [0.25, 0.3) is 0 Å². The largest absolute Gasteiger partial charge is 0.491 e. The lowest BCUT2D eigenvalue weighted by Gasteiger charge is -2.18. The maximum atomic E-state index is 13.3. The van der Waals surface area contributed by atoms with Crippen molar-refractivity contribution in [2.24, 2.45) is 0 Å². The van der Waals surface area contributed by atoms with Gasteiger partial charge in [0, 0.05) is 16.7 Å². The van der Waals surface area contributed by atoms with Crippen LogP contribution in [0.15, 0.2) is 33.9 Å². The van der Waals surface area contributed by atoms with E-state index in [9.17, 15) is 24.3 Å². The van der Waals surface area contributed by atoms with E-state index in [1.807, 2.05) is 0 Å². The summed E-state index contributed by atoms with van der Waals surface area (Å²) in [7, 11) is 2.62. The highest BCUT2D eigenvalue weighted by atomic mass is 35.5. The third-order valence-electron chi connectivity index (χ3n) is 4.91. The zero-order valence-corrected chi connectivity index (χ0v) is 16.9. The molecule has 158 valence electrons. The van der Waals surface area contributed by atoms with Gasteiger partial charge in [0.2, 0.25) is 5.88 Å². The minimum atomic E-state index is -1.27. The lowest BCUT2D eigenvalue weighted by atomic mass is 10.1. The summed E-state index contributed by atoms with van der Waals surface area (Å²) in [5.41, 5.74) is -1.05. The highest BCUT2D eigenvalue weighted by Gasteiger charge is 2.36. The fourth-order valence-electron chi connectivity index (χ4n) is 3.39. The van der Waals surface area contributed by atoms with Gasteiger partial charge in [0.25, 0.3) is 16.8 Å². The standard InChI is InChI=1S/C20H14ClN3O7/c1-30-12-6-3-8(20(28)29)18(23-12)24-7-9-10(21)4-5-11(13(9)19(24)27)22-14-15(25)16(26)17(14)31-2/h3-6,22H,7H2,1-2H3,(H,28,29). The van der Waals surface area contributed by atoms with Crippen molar-refractivity contribution in [3.8, 4) is 11.6 Å². The van der Waals surface area contributed by atoms with Crippen LogP contribution in [-0.4, -0.2) is 36.2 Å². The summed E-state index contributed by atoms with van der Waals surface area (Å²) in [6.45, 7) is -0.0496. The first-order valence-corrected chi connectivity index (χ1v) is 9.22. The quantitative estimate of drug-likeness (QED) is 0.548. The SMILES string of the molecule is COc1ccc(C(=O)O)c(N2Cc3c(Cl)ccc(Nc4c(OC)c(=O)c4=O)c3C2=O)n1. The molecule has 0 unspecified atom stereocenters. The van der Waals surface area contributed by atoms with Crippen molar-refractivity contribution in [3.05, 3.63) is 66.4 Å². The van der Waals surface area contributed by atoms with Crippen molar-refractivity contribution in [2.75, 3.05) is 24.4 Å². The highest BCUT2D eigenvalue weighted by Crippen LogP contribution is 2.39. The summed E-state index contributed by atoms with van der Waals surface area (Å²) < 4.78 is 9.98. The molecule has 0 fully saturated rings. The molecule has 10 nitrogen and oxygen atoms in total. The van der Waals surface area contributed by atoms with Crippen molar-refractivity contribution in [1.29, 1.82) is 0 Å². The molecule has 31 heavy (non-hydrogen) atoms. The van der Waals surface area contributed by atoms with Crippen molar-refractivity contribution in [2.45, 2.75) is 6.54 Å². The molecule has 0 spiro atoms. The molecule has 2 aromatic carbocycles. The second kappa shape index (κ2) is 7.40. The molecule has 1 aliphatic heterocycles. The van der Waals surface area contributed by atoms with Crippen LogP contribution >= 0.6 is 11.6 Å². The van der Waals surface area contributed by atoms with Gasteiger partial charge in [0.05, 0.1) is 32.0 Å². The summed E-state index contributed by atoms with van der Waals surface area (Å²) in [5, 5.41) is 12.6. The molecule has 1 aliphatic rings. The number of nitrogens with one attached hydrogen (secondary N) is 1. The Balaban J connectivity index is 1.80. The van der Waals surface area contributed by atoms with Gasteiger partial charge in [-0.1, -0.05) is 11.6 Å². The Labute approximate surface area is 179 Å². The summed E-state index contributed by atoms with van der Waals surface area (Å²) in [6, 6.07) is 5.66. The van der Waals surface area contributed by atoms with Crippen LogP contribution in [0.2, 0.25) is 5.02 Å². The molecular weight excluding hydrogens is 430 g/mol. The number of nitrogens with zero attached hydrogens (tertiary/aromatic N) is 2. The van der Waals surface area contributed by atoms with E-state index in [1.54, 1.807) is 0 Å². The van der Waals surface area contributed by atoms with Gasteiger partial charge in [-0.15, -0.1) is 0 Å². The molecule has 0 saturated heterocycles. The number of pyridine rings is 1. The fraction of sp³-hybridized carbons (Fsp3) is 0.150. The number of aromatic carboxylic acids is 1. The number of hydrogen-bond acceptors (Lipinski definition) is 8. The van der Waals surface area contributed by atoms with E-state index in [0.29, 0.717) is 5.56 Å². The third kappa shape index (κ3) is 3.08. The van der Waals surface area contributed by atoms with Gasteiger partial charge in [-0.3, -0.25) is 19.3 Å². The molecule has 2 N–H and O–H groups in total. The Bertz CT molecular complexity index is 1330. The van der Waals surface area contributed by atoms with Crippen molar-refractivity contribution >= 4 is 40.7 Å². The molecule has 1 amide bonds. The number of carboxylic acid groups (broad SMARTS) is 1. The lowest BCUT2D eigenvalue weighted by Crippen LogP contribution is -2.34. The van der Waals surface area contributed by atoms with Crippen molar-refractivity contribution < 1.29 is 24.2 Å². The van der Waals surface area contributed by atoms with Gasteiger partial charge < -0.3 is 19.9 Å². The molecule has 0 atom stereocenters. The topological polar surface area (TPSA) is 135 Å². The van der Waals surface area contributed by atoms with Crippen LogP contribution in [0.1, 0.15) is 26.3 Å². The summed E-state index contributed by atoms with van der Waals surface area (Å²) >= 11 is 6.29. The Hall–Kier alpha value is -3.92. The van der Waals surface area contributed by atoms with E-state index in [0.717, 1.165) is 4.90 Å². The maximum Gasteiger partial charge on any atom is 0.339 e. The number of methoxy groups -OCH3 is 2. The number of halogens is 1. The summed E-state index contributed by atoms with van der Waals surface area (Å²) in [6.07, 6.45) is 0. The van der Waals surface area contributed by atoms with Crippen LogP contribution < -0.4 is 30.5 Å². The number of amides is 1. The van der Waals surface area contributed by atoms with Crippen LogP contribution in [0.5, 0.6) is 11.6 Å². The number of hydrogen-bond donors (Lipinski definition) is 2. The van der Waals surface area contributed by atoms with Crippen LogP contribution in [0.4, 0.5) is 17.2 Å². The predicted octanol–water partition coefficient (Wildman–Crippen LogP) is 1.95. The number of carbonyl (C=O) groups is 2. The Morgan fingerprint density at radius 1 is 1.13 bits per heavy atom. The number of rotatable bonds is 6. The van der Waals surface area contributed by atoms with Gasteiger partial charge in [-0.25, -0.2) is 4.79 Å². The third-order valence-corrected chi connectivity index (χ3v) is 5.26. The Morgan fingerprint density at radius 3 is 2.52 bits per heavy atom. The van der Waals surface area contributed by atoms with Crippen molar-refractivity contribution in [1.82, 2.24) is 4.98 Å². The van der Waals surface area contributed by atoms with E-state index in [-0.39, 0.29) is 51.5 Å².